The molecule has 0 radical (unpaired) electrons. The normalized spacial score (nSPS) is 19.1. The van der Waals surface area contributed by atoms with Crippen molar-refractivity contribution in [2.75, 3.05) is 0 Å². The average Bonchev–Trinajstić information content (AvgIpc) is 2.69. The van der Waals surface area contributed by atoms with E-state index in [1.165, 1.54) is 0 Å². The minimum atomic E-state index is -0.397. The van der Waals surface area contributed by atoms with Gasteiger partial charge in [0.25, 0.3) is 0 Å². The van der Waals surface area contributed by atoms with E-state index in [2.05, 4.69) is 21.2 Å². The molecule has 0 saturated carbocycles. The fourth-order valence-corrected chi connectivity index (χ4v) is 4.53. The maximum absolute atomic E-state index is 10.4. The van der Waals surface area contributed by atoms with Crippen molar-refractivity contribution >= 4 is 56.4 Å². The summed E-state index contributed by atoms with van der Waals surface area (Å²) in [6, 6.07) is 18.2. The molecule has 1 aliphatic heterocycles. The molecule has 0 bridgehead atoms. The Bertz CT molecular complexity index is 1100. The van der Waals surface area contributed by atoms with E-state index in [-0.39, 0.29) is 11.8 Å². The first-order valence-corrected chi connectivity index (χ1v) is 10.9. The second-order valence-electron chi connectivity index (χ2n) is 6.78. The van der Waals surface area contributed by atoms with Crippen LogP contribution in [0.2, 0.25) is 15.1 Å². The molecule has 0 saturated heterocycles. The van der Waals surface area contributed by atoms with Crippen LogP contribution in [0.5, 0.6) is 5.75 Å². The van der Waals surface area contributed by atoms with Crippen LogP contribution in [-0.2, 0) is 0 Å². The van der Waals surface area contributed by atoms with E-state index < -0.39 is 6.17 Å². The molecule has 0 aliphatic carbocycles. The van der Waals surface area contributed by atoms with Crippen molar-refractivity contribution in [1.29, 1.82) is 0 Å². The van der Waals surface area contributed by atoms with Crippen LogP contribution in [0.1, 0.15) is 35.3 Å². The van der Waals surface area contributed by atoms with Gasteiger partial charge >= 0.3 is 0 Å². The third-order valence-corrected chi connectivity index (χ3v) is 6.11. The Kier molecular flexibility index (Phi) is 6.19. The zero-order valence-corrected chi connectivity index (χ0v) is 18.9. The van der Waals surface area contributed by atoms with Crippen molar-refractivity contribution in [2.45, 2.75) is 18.6 Å². The highest BCUT2D eigenvalue weighted by molar-refractivity contribution is 9.10. The van der Waals surface area contributed by atoms with Gasteiger partial charge in [0.2, 0.25) is 0 Å². The highest BCUT2D eigenvalue weighted by Crippen LogP contribution is 2.37. The molecular weight excluding hydrogens is 495 g/mol. The molecule has 29 heavy (non-hydrogen) atoms. The van der Waals surface area contributed by atoms with Gasteiger partial charge in [0.1, 0.15) is 11.9 Å². The molecule has 3 aromatic rings. The van der Waals surface area contributed by atoms with Gasteiger partial charge < -0.3 is 5.11 Å². The summed E-state index contributed by atoms with van der Waals surface area (Å²) in [5, 5.41) is 15.6. The zero-order valence-electron chi connectivity index (χ0n) is 15.0. The van der Waals surface area contributed by atoms with Crippen LogP contribution in [0.25, 0.3) is 0 Å². The number of benzene rings is 3. The smallest absolute Gasteiger partial charge is 0.127 e. The second kappa shape index (κ2) is 8.66. The quantitative estimate of drug-likeness (QED) is 0.387. The Morgan fingerprint density at radius 1 is 0.931 bits per heavy atom. The third-order valence-electron chi connectivity index (χ3n) is 4.82. The van der Waals surface area contributed by atoms with E-state index in [9.17, 15) is 5.11 Å². The van der Waals surface area contributed by atoms with Gasteiger partial charge in [-0.1, -0.05) is 68.9 Å². The molecule has 0 spiro atoms. The van der Waals surface area contributed by atoms with Gasteiger partial charge in [0, 0.05) is 48.8 Å². The predicted molar refractivity (Wildman–Crippen MR) is 123 cm³/mol. The molecule has 2 atom stereocenters. The second-order valence-corrected chi connectivity index (χ2v) is 8.98. The zero-order chi connectivity index (χ0) is 20.5. The van der Waals surface area contributed by atoms with Crippen LogP contribution in [0.15, 0.2) is 70.1 Å². The van der Waals surface area contributed by atoms with Crippen molar-refractivity contribution in [1.82, 2.24) is 5.32 Å². The summed E-state index contributed by atoms with van der Waals surface area (Å²) in [5.74, 6) is 0.184. The lowest BCUT2D eigenvalue weighted by Gasteiger charge is -2.31. The molecule has 1 heterocycles. The van der Waals surface area contributed by atoms with Crippen LogP contribution < -0.4 is 5.32 Å². The molecule has 4 rings (SSSR count). The molecule has 3 nitrogen and oxygen atoms in total. The fourth-order valence-electron chi connectivity index (χ4n) is 3.44. The van der Waals surface area contributed by atoms with Gasteiger partial charge in [-0.3, -0.25) is 10.3 Å². The van der Waals surface area contributed by atoms with E-state index >= 15 is 0 Å². The topological polar surface area (TPSA) is 44.6 Å². The van der Waals surface area contributed by atoms with Crippen molar-refractivity contribution in [3.05, 3.63) is 96.9 Å². The summed E-state index contributed by atoms with van der Waals surface area (Å²) >= 11 is 22.2. The molecular formula is C22H16BrCl3N2O. The fraction of sp³-hybridized carbons (Fsp3) is 0.136. The lowest BCUT2D eigenvalue weighted by molar-refractivity contribution is 0.413. The predicted octanol–water partition coefficient (Wildman–Crippen LogP) is 7.34. The highest BCUT2D eigenvalue weighted by Gasteiger charge is 2.29. The Morgan fingerprint density at radius 2 is 1.69 bits per heavy atom. The molecule has 148 valence electrons. The van der Waals surface area contributed by atoms with Crippen molar-refractivity contribution in [3.8, 4) is 5.75 Å². The standard InChI is InChI=1S/C22H16BrCl3N2O/c23-13-3-1-2-12(8-13)19-11-20(17-9-14(24)5-7-21(17)29)28-22(27-19)16-6-4-15(25)10-18(16)26/h1-10,20,22,28-29H,11H2/t20-,22-/m0/s1. The van der Waals surface area contributed by atoms with Crippen molar-refractivity contribution in [2.24, 2.45) is 4.99 Å². The number of halogens is 4. The average molecular weight is 511 g/mol. The van der Waals surface area contributed by atoms with E-state index in [0.717, 1.165) is 26.9 Å². The molecule has 0 amide bonds. The van der Waals surface area contributed by atoms with E-state index in [4.69, 9.17) is 39.8 Å². The molecule has 0 fully saturated rings. The molecule has 7 heteroatoms. The van der Waals surface area contributed by atoms with Crippen LogP contribution in [-0.4, -0.2) is 10.8 Å². The van der Waals surface area contributed by atoms with Gasteiger partial charge in [-0.25, -0.2) is 0 Å². The number of phenolic OH excluding ortho intramolecular Hbond substituents is 1. The summed E-state index contributed by atoms with van der Waals surface area (Å²) in [6.45, 7) is 0. The van der Waals surface area contributed by atoms with E-state index in [1.54, 1.807) is 30.3 Å². The van der Waals surface area contributed by atoms with Gasteiger partial charge in [0.05, 0.1) is 0 Å². The van der Waals surface area contributed by atoms with Crippen LogP contribution in [0.3, 0.4) is 0 Å². The summed E-state index contributed by atoms with van der Waals surface area (Å²) in [6.07, 6.45) is 0.192. The van der Waals surface area contributed by atoms with Crippen molar-refractivity contribution in [3.63, 3.8) is 0 Å². The minimum Gasteiger partial charge on any atom is -0.508 e. The number of hydrogen-bond acceptors (Lipinski definition) is 3. The number of nitrogens with zero attached hydrogens (tertiary/aromatic N) is 1. The summed E-state index contributed by atoms with van der Waals surface area (Å²) in [5.41, 5.74) is 3.44. The number of hydrogen-bond donors (Lipinski definition) is 2. The van der Waals surface area contributed by atoms with E-state index in [0.29, 0.717) is 21.5 Å². The summed E-state index contributed by atoms with van der Waals surface area (Å²) in [7, 11) is 0. The number of phenols is 1. The first-order chi connectivity index (χ1) is 13.9. The minimum absolute atomic E-state index is 0.184. The van der Waals surface area contributed by atoms with Gasteiger partial charge in [-0.15, -0.1) is 0 Å². The number of aliphatic imine (C=N–C) groups is 1. The molecule has 0 aromatic heterocycles. The molecule has 3 aromatic carbocycles. The Hall–Kier alpha value is -1.56. The van der Waals surface area contributed by atoms with Crippen LogP contribution >= 0.6 is 50.7 Å². The SMILES string of the molecule is Oc1ccc(Cl)cc1[C@@H]1CC(c2cccc(Br)c2)=N[C@H](c2ccc(Cl)cc2Cl)N1. The summed E-state index contributed by atoms with van der Waals surface area (Å²) in [4.78, 5) is 4.92. The Morgan fingerprint density at radius 3 is 2.45 bits per heavy atom. The first kappa shape index (κ1) is 20.7. The molecule has 2 N–H and O–H groups in total. The highest BCUT2D eigenvalue weighted by atomic mass is 79.9. The Balaban J connectivity index is 1.81. The van der Waals surface area contributed by atoms with E-state index in [1.807, 2.05) is 30.3 Å². The van der Waals surface area contributed by atoms with Crippen LogP contribution in [0.4, 0.5) is 0 Å². The largest absolute Gasteiger partial charge is 0.508 e. The number of rotatable bonds is 3. The van der Waals surface area contributed by atoms with Crippen LogP contribution in [0, 0.1) is 0 Å². The first-order valence-electron chi connectivity index (χ1n) is 8.93. The lowest BCUT2D eigenvalue weighted by atomic mass is 9.93. The van der Waals surface area contributed by atoms with Gasteiger partial charge in [-0.05, 0) is 48.0 Å². The monoisotopic (exact) mass is 508 g/mol. The van der Waals surface area contributed by atoms with Gasteiger partial charge in [-0.2, -0.15) is 0 Å². The summed E-state index contributed by atoms with van der Waals surface area (Å²) < 4.78 is 0.972. The molecule has 1 aliphatic rings. The van der Waals surface area contributed by atoms with Crippen molar-refractivity contribution < 1.29 is 5.11 Å². The lowest BCUT2D eigenvalue weighted by Crippen LogP contribution is -2.33. The number of aromatic hydroxyl groups is 1. The molecule has 0 unspecified atom stereocenters. The third kappa shape index (κ3) is 4.62. The number of nitrogens with one attached hydrogen (secondary N) is 1. The Labute approximate surface area is 192 Å². The van der Waals surface area contributed by atoms with Gasteiger partial charge in [0.15, 0.2) is 0 Å². The maximum atomic E-state index is 10.4. The maximum Gasteiger partial charge on any atom is 0.127 e.